The summed E-state index contributed by atoms with van der Waals surface area (Å²) in [7, 11) is -3.41. The Balaban J connectivity index is 1.97. The fraction of sp³-hybridized carbons (Fsp3) is 0.444. The van der Waals surface area contributed by atoms with Gasteiger partial charge in [0.1, 0.15) is 0 Å². The molecule has 1 aromatic carbocycles. The second kappa shape index (κ2) is 5.36. The maximum absolute atomic E-state index is 12.9. The molecular weight excluding hydrogens is 294 g/mol. The summed E-state index contributed by atoms with van der Waals surface area (Å²) in [5.41, 5.74) is 3.53. The first-order valence-electron chi connectivity index (χ1n) is 7.76. The second-order valence-corrected chi connectivity index (χ2v) is 8.69. The van der Waals surface area contributed by atoms with Crippen LogP contribution < -0.4 is 0 Å². The normalized spacial score (nSPS) is 26.1. The van der Waals surface area contributed by atoms with Gasteiger partial charge in [-0.2, -0.15) is 4.31 Å². The Morgan fingerprint density at radius 3 is 2.50 bits per heavy atom. The van der Waals surface area contributed by atoms with Gasteiger partial charge in [0.25, 0.3) is 0 Å². The molecule has 4 heteroatoms. The Kier molecular flexibility index (Phi) is 3.77. The molecule has 0 saturated carbocycles. The molecule has 1 aliphatic heterocycles. The van der Waals surface area contributed by atoms with Gasteiger partial charge in [0.05, 0.1) is 4.90 Å². The molecular formula is C18H23NO2S. The summed E-state index contributed by atoms with van der Waals surface area (Å²) in [6, 6.07) is 7.14. The molecule has 3 nitrogen and oxygen atoms in total. The van der Waals surface area contributed by atoms with Crippen molar-refractivity contribution in [1.29, 1.82) is 0 Å². The van der Waals surface area contributed by atoms with Crippen molar-refractivity contribution in [2.75, 3.05) is 13.1 Å². The van der Waals surface area contributed by atoms with Crippen molar-refractivity contribution in [3.05, 3.63) is 53.1 Å². The molecule has 3 rings (SSSR count). The standard InChI is InChI=1S/C18H23NO2S/c1-14-7-9-16(10-8-14)22(20,21)19-12-17-15(2)6-4-5-11-18(17,3)13-19/h4,6-10H,5,11-13H2,1-3H3/t18-/m0/s1. The van der Waals surface area contributed by atoms with E-state index in [1.807, 2.05) is 19.1 Å². The van der Waals surface area contributed by atoms with Gasteiger partial charge in [-0.05, 0) is 44.4 Å². The number of hydrogen-bond acceptors (Lipinski definition) is 2. The lowest BCUT2D eigenvalue weighted by molar-refractivity contribution is 0.353. The first-order valence-corrected chi connectivity index (χ1v) is 9.20. The molecule has 22 heavy (non-hydrogen) atoms. The lowest BCUT2D eigenvalue weighted by atomic mass is 9.80. The third kappa shape index (κ3) is 2.55. The van der Waals surface area contributed by atoms with E-state index in [2.05, 4.69) is 26.0 Å². The molecule has 1 saturated heterocycles. The van der Waals surface area contributed by atoms with Gasteiger partial charge < -0.3 is 0 Å². The van der Waals surface area contributed by atoms with E-state index in [-0.39, 0.29) is 5.41 Å². The topological polar surface area (TPSA) is 37.4 Å². The van der Waals surface area contributed by atoms with Gasteiger partial charge in [-0.3, -0.25) is 0 Å². The highest BCUT2D eigenvalue weighted by molar-refractivity contribution is 7.89. The van der Waals surface area contributed by atoms with Crippen LogP contribution in [0.2, 0.25) is 0 Å². The molecule has 1 heterocycles. The van der Waals surface area contributed by atoms with Gasteiger partial charge in [-0.25, -0.2) is 8.42 Å². The Bertz CT molecular complexity index is 744. The summed E-state index contributed by atoms with van der Waals surface area (Å²) in [4.78, 5) is 0.395. The highest BCUT2D eigenvalue weighted by Gasteiger charge is 2.44. The van der Waals surface area contributed by atoms with Crippen molar-refractivity contribution in [1.82, 2.24) is 4.31 Å². The molecule has 0 radical (unpaired) electrons. The molecule has 1 aromatic rings. The van der Waals surface area contributed by atoms with Gasteiger partial charge in [-0.1, -0.05) is 42.3 Å². The molecule has 0 spiro atoms. The average Bonchev–Trinajstić information content (AvgIpc) is 2.76. The van der Waals surface area contributed by atoms with Crippen molar-refractivity contribution in [3.8, 4) is 0 Å². The van der Waals surface area contributed by atoms with Crippen molar-refractivity contribution in [3.63, 3.8) is 0 Å². The molecule has 0 N–H and O–H groups in total. The number of nitrogens with zero attached hydrogens (tertiary/aromatic N) is 1. The van der Waals surface area contributed by atoms with Gasteiger partial charge in [0.2, 0.25) is 10.0 Å². The molecule has 1 fully saturated rings. The molecule has 0 aromatic heterocycles. The largest absolute Gasteiger partial charge is 0.243 e. The number of allylic oxidation sites excluding steroid dienone is 3. The minimum Gasteiger partial charge on any atom is -0.207 e. The molecule has 2 aliphatic rings. The fourth-order valence-electron chi connectivity index (χ4n) is 3.53. The molecule has 1 aliphatic carbocycles. The van der Waals surface area contributed by atoms with Crippen molar-refractivity contribution in [2.45, 2.75) is 38.5 Å². The minimum atomic E-state index is -3.41. The van der Waals surface area contributed by atoms with Gasteiger partial charge in [-0.15, -0.1) is 0 Å². The van der Waals surface area contributed by atoms with E-state index in [0.29, 0.717) is 18.0 Å². The van der Waals surface area contributed by atoms with E-state index in [1.165, 1.54) is 11.1 Å². The van der Waals surface area contributed by atoms with E-state index < -0.39 is 10.0 Å². The molecule has 0 unspecified atom stereocenters. The molecule has 1 atom stereocenters. The van der Waals surface area contributed by atoms with E-state index in [0.717, 1.165) is 18.4 Å². The van der Waals surface area contributed by atoms with E-state index >= 15 is 0 Å². The summed E-state index contributed by atoms with van der Waals surface area (Å²) in [6.45, 7) is 7.35. The predicted molar refractivity (Wildman–Crippen MR) is 89.1 cm³/mol. The summed E-state index contributed by atoms with van der Waals surface area (Å²) in [5.74, 6) is 0. The maximum atomic E-state index is 12.9. The van der Waals surface area contributed by atoms with Crippen LogP contribution in [-0.2, 0) is 10.0 Å². The quantitative estimate of drug-likeness (QED) is 0.834. The number of aryl methyl sites for hydroxylation is 1. The van der Waals surface area contributed by atoms with Crippen LogP contribution in [0.25, 0.3) is 0 Å². The van der Waals surface area contributed by atoms with Crippen LogP contribution in [-0.4, -0.2) is 25.8 Å². The number of fused-ring (bicyclic) bond motifs is 1. The Morgan fingerprint density at radius 2 is 1.82 bits per heavy atom. The van der Waals surface area contributed by atoms with Gasteiger partial charge in [0.15, 0.2) is 0 Å². The molecule has 118 valence electrons. The third-order valence-corrected chi connectivity index (χ3v) is 6.76. The van der Waals surface area contributed by atoms with E-state index in [4.69, 9.17) is 0 Å². The predicted octanol–water partition coefficient (Wildman–Crippen LogP) is 3.67. The maximum Gasteiger partial charge on any atom is 0.243 e. The highest BCUT2D eigenvalue weighted by atomic mass is 32.2. The lowest BCUT2D eigenvalue weighted by Crippen LogP contribution is -2.31. The van der Waals surface area contributed by atoms with Crippen LogP contribution in [0.3, 0.4) is 0 Å². The zero-order chi connectivity index (χ0) is 16.0. The monoisotopic (exact) mass is 317 g/mol. The Morgan fingerprint density at radius 1 is 1.14 bits per heavy atom. The average molecular weight is 317 g/mol. The van der Waals surface area contributed by atoms with Crippen molar-refractivity contribution >= 4 is 10.0 Å². The second-order valence-electron chi connectivity index (χ2n) is 6.75. The summed E-state index contributed by atoms with van der Waals surface area (Å²) in [6.07, 6.45) is 6.36. The van der Waals surface area contributed by atoms with Crippen LogP contribution in [0.15, 0.2) is 52.5 Å². The zero-order valence-electron chi connectivity index (χ0n) is 13.5. The fourth-order valence-corrected chi connectivity index (χ4v) is 5.06. The minimum absolute atomic E-state index is 0.0364. The van der Waals surface area contributed by atoms with Crippen molar-refractivity contribution < 1.29 is 8.42 Å². The summed E-state index contributed by atoms with van der Waals surface area (Å²) in [5, 5.41) is 0. The smallest absolute Gasteiger partial charge is 0.207 e. The number of hydrogen-bond donors (Lipinski definition) is 0. The summed E-state index contributed by atoms with van der Waals surface area (Å²) >= 11 is 0. The Labute approximate surface area is 133 Å². The number of rotatable bonds is 2. The first kappa shape index (κ1) is 15.5. The SMILES string of the molecule is CC1=C2CN(S(=O)(=O)c3ccc(C)cc3)C[C@]2(C)CCC=C1. The van der Waals surface area contributed by atoms with E-state index in [9.17, 15) is 8.42 Å². The van der Waals surface area contributed by atoms with Crippen molar-refractivity contribution in [2.24, 2.45) is 5.41 Å². The highest BCUT2D eigenvalue weighted by Crippen LogP contribution is 2.44. The van der Waals surface area contributed by atoms with Crippen LogP contribution in [0, 0.1) is 12.3 Å². The van der Waals surface area contributed by atoms with Crippen LogP contribution in [0.1, 0.15) is 32.3 Å². The Hall–Kier alpha value is -1.39. The van der Waals surface area contributed by atoms with Gasteiger partial charge >= 0.3 is 0 Å². The molecule has 0 bridgehead atoms. The summed E-state index contributed by atoms with van der Waals surface area (Å²) < 4.78 is 27.5. The first-order chi connectivity index (χ1) is 10.3. The van der Waals surface area contributed by atoms with Crippen LogP contribution in [0.4, 0.5) is 0 Å². The van der Waals surface area contributed by atoms with Crippen LogP contribution in [0.5, 0.6) is 0 Å². The number of benzene rings is 1. The van der Waals surface area contributed by atoms with Gasteiger partial charge in [0, 0.05) is 18.5 Å². The third-order valence-electron chi connectivity index (χ3n) is 4.95. The lowest BCUT2D eigenvalue weighted by Gasteiger charge is -2.25. The zero-order valence-corrected chi connectivity index (χ0v) is 14.3. The van der Waals surface area contributed by atoms with E-state index in [1.54, 1.807) is 16.4 Å². The van der Waals surface area contributed by atoms with Crippen LogP contribution >= 0.6 is 0 Å². The number of sulfonamides is 1. The molecule has 0 amide bonds.